The van der Waals surface area contributed by atoms with Crippen LogP contribution in [0.5, 0.6) is 0 Å². The van der Waals surface area contributed by atoms with Gasteiger partial charge in [0.2, 0.25) is 5.91 Å². The SMILES string of the molecule is CC(C)CC(NC(=O)CC1Cc2ccccc2C1)C(O)CCNC(C)C. The van der Waals surface area contributed by atoms with E-state index in [9.17, 15) is 9.90 Å². The lowest BCUT2D eigenvalue weighted by molar-refractivity contribution is -0.123. The minimum Gasteiger partial charge on any atom is -0.391 e. The number of carbonyl (C=O) groups excluding carboxylic acids is 1. The normalized spacial score (nSPS) is 16.7. The highest BCUT2D eigenvalue weighted by Gasteiger charge is 2.26. The molecule has 2 rings (SSSR count). The first-order chi connectivity index (χ1) is 12.3. The van der Waals surface area contributed by atoms with Gasteiger partial charge in [-0.2, -0.15) is 0 Å². The predicted octanol–water partition coefficient (Wildman–Crippen LogP) is 3.07. The third-order valence-electron chi connectivity index (χ3n) is 5.14. The molecule has 4 nitrogen and oxygen atoms in total. The summed E-state index contributed by atoms with van der Waals surface area (Å²) in [5.74, 6) is 0.889. The van der Waals surface area contributed by atoms with Crippen LogP contribution in [0.25, 0.3) is 0 Å². The average Bonchev–Trinajstić information content (AvgIpc) is 2.95. The molecular formula is C22H36N2O2. The molecule has 1 aliphatic carbocycles. The van der Waals surface area contributed by atoms with Crippen LogP contribution in [-0.2, 0) is 17.6 Å². The van der Waals surface area contributed by atoms with Crippen molar-refractivity contribution in [2.24, 2.45) is 11.8 Å². The number of aliphatic hydroxyl groups is 1. The van der Waals surface area contributed by atoms with E-state index >= 15 is 0 Å². The van der Waals surface area contributed by atoms with Crippen LogP contribution in [0.4, 0.5) is 0 Å². The molecular weight excluding hydrogens is 324 g/mol. The van der Waals surface area contributed by atoms with E-state index in [0.29, 0.717) is 30.7 Å². The van der Waals surface area contributed by atoms with Crippen molar-refractivity contribution in [1.82, 2.24) is 10.6 Å². The summed E-state index contributed by atoms with van der Waals surface area (Å²) in [5.41, 5.74) is 2.76. The van der Waals surface area contributed by atoms with E-state index in [-0.39, 0.29) is 11.9 Å². The summed E-state index contributed by atoms with van der Waals surface area (Å²) in [5, 5.41) is 17.0. The van der Waals surface area contributed by atoms with Crippen LogP contribution in [0.2, 0.25) is 0 Å². The molecule has 0 bridgehead atoms. The van der Waals surface area contributed by atoms with Crippen LogP contribution in [0.1, 0.15) is 58.1 Å². The second-order valence-electron chi connectivity index (χ2n) is 8.52. The van der Waals surface area contributed by atoms with Gasteiger partial charge in [-0.1, -0.05) is 52.0 Å². The zero-order valence-electron chi connectivity index (χ0n) is 16.8. The van der Waals surface area contributed by atoms with E-state index in [1.165, 1.54) is 11.1 Å². The number of aliphatic hydroxyl groups excluding tert-OH is 1. The molecule has 0 radical (unpaired) electrons. The highest BCUT2D eigenvalue weighted by molar-refractivity contribution is 5.76. The van der Waals surface area contributed by atoms with Gasteiger partial charge in [0.05, 0.1) is 12.1 Å². The van der Waals surface area contributed by atoms with Gasteiger partial charge in [-0.05, 0) is 55.2 Å². The van der Waals surface area contributed by atoms with Gasteiger partial charge >= 0.3 is 0 Å². The molecule has 146 valence electrons. The van der Waals surface area contributed by atoms with E-state index in [0.717, 1.165) is 25.8 Å². The molecule has 4 heteroatoms. The molecule has 1 amide bonds. The Bertz CT molecular complexity index is 546. The number of nitrogens with one attached hydrogen (secondary N) is 2. The van der Waals surface area contributed by atoms with Gasteiger partial charge in [0, 0.05) is 12.5 Å². The van der Waals surface area contributed by atoms with Gasteiger partial charge in [0.25, 0.3) is 0 Å². The zero-order valence-corrected chi connectivity index (χ0v) is 16.8. The predicted molar refractivity (Wildman–Crippen MR) is 107 cm³/mol. The van der Waals surface area contributed by atoms with Crippen molar-refractivity contribution < 1.29 is 9.90 Å². The summed E-state index contributed by atoms with van der Waals surface area (Å²) in [4.78, 5) is 12.6. The number of hydrogen-bond donors (Lipinski definition) is 3. The van der Waals surface area contributed by atoms with Gasteiger partial charge in [-0.25, -0.2) is 0 Å². The Morgan fingerprint density at radius 3 is 2.31 bits per heavy atom. The Balaban J connectivity index is 1.84. The van der Waals surface area contributed by atoms with Crippen molar-refractivity contribution in [3.63, 3.8) is 0 Å². The number of amides is 1. The standard InChI is InChI=1S/C22H36N2O2/c1-15(2)11-20(21(25)9-10-23-16(3)4)24-22(26)14-17-12-18-7-5-6-8-19(18)13-17/h5-8,15-17,20-21,23,25H,9-14H2,1-4H3,(H,24,26). The molecule has 1 aliphatic rings. The topological polar surface area (TPSA) is 61.4 Å². The van der Waals surface area contributed by atoms with Crippen LogP contribution < -0.4 is 10.6 Å². The van der Waals surface area contributed by atoms with Crippen LogP contribution in [-0.4, -0.2) is 35.7 Å². The third-order valence-corrected chi connectivity index (χ3v) is 5.14. The molecule has 1 aromatic carbocycles. The first kappa shape index (κ1) is 20.9. The fourth-order valence-electron chi connectivity index (χ4n) is 3.86. The van der Waals surface area contributed by atoms with Gasteiger partial charge in [0.1, 0.15) is 0 Å². The Morgan fingerprint density at radius 1 is 1.15 bits per heavy atom. The molecule has 0 fully saturated rings. The van der Waals surface area contributed by atoms with E-state index in [1.807, 2.05) is 0 Å². The molecule has 2 atom stereocenters. The number of rotatable bonds is 10. The molecule has 0 aliphatic heterocycles. The number of fused-ring (bicyclic) bond motifs is 1. The fraction of sp³-hybridized carbons (Fsp3) is 0.682. The van der Waals surface area contributed by atoms with E-state index < -0.39 is 6.10 Å². The Hall–Kier alpha value is -1.39. The molecule has 2 unspecified atom stereocenters. The summed E-state index contributed by atoms with van der Waals surface area (Å²) >= 11 is 0. The molecule has 1 aromatic rings. The fourth-order valence-corrected chi connectivity index (χ4v) is 3.86. The maximum absolute atomic E-state index is 12.6. The molecule has 3 N–H and O–H groups in total. The summed E-state index contributed by atoms with van der Waals surface area (Å²) in [6.07, 6.45) is 3.47. The monoisotopic (exact) mass is 360 g/mol. The van der Waals surface area contributed by atoms with Gasteiger partial charge in [0.15, 0.2) is 0 Å². The Labute approximate surface area is 158 Å². The number of benzene rings is 1. The second-order valence-corrected chi connectivity index (χ2v) is 8.52. The number of hydrogen-bond acceptors (Lipinski definition) is 3. The van der Waals surface area contributed by atoms with E-state index in [1.54, 1.807) is 0 Å². The minimum atomic E-state index is -0.506. The van der Waals surface area contributed by atoms with Crippen LogP contribution in [0.3, 0.4) is 0 Å². The zero-order chi connectivity index (χ0) is 19.1. The summed E-state index contributed by atoms with van der Waals surface area (Å²) < 4.78 is 0. The van der Waals surface area contributed by atoms with Crippen molar-refractivity contribution in [2.75, 3.05) is 6.54 Å². The van der Waals surface area contributed by atoms with Crippen LogP contribution in [0, 0.1) is 11.8 Å². The second kappa shape index (κ2) is 10.1. The van der Waals surface area contributed by atoms with Gasteiger partial charge < -0.3 is 15.7 Å². The highest BCUT2D eigenvalue weighted by Crippen LogP contribution is 2.28. The molecule has 0 heterocycles. The molecule has 0 spiro atoms. The lowest BCUT2D eigenvalue weighted by Gasteiger charge is -2.27. The maximum atomic E-state index is 12.6. The minimum absolute atomic E-state index is 0.0734. The quantitative estimate of drug-likeness (QED) is 0.601. The van der Waals surface area contributed by atoms with Crippen molar-refractivity contribution in [3.05, 3.63) is 35.4 Å². The Kier molecular flexibility index (Phi) is 8.11. The largest absolute Gasteiger partial charge is 0.391 e. The third kappa shape index (κ3) is 6.73. The summed E-state index contributed by atoms with van der Waals surface area (Å²) in [7, 11) is 0. The van der Waals surface area contributed by atoms with Crippen molar-refractivity contribution in [2.45, 2.75) is 78.0 Å². The Morgan fingerprint density at radius 2 is 1.77 bits per heavy atom. The van der Waals surface area contributed by atoms with Crippen molar-refractivity contribution in [1.29, 1.82) is 0 Å². The first-order valence-electron chi connectivity index (χ1n) is 10.1. The summed E-state index contributed by atoms with van der Waals surface area (Å²) in [6, 6.07) is 8.72. The smallest absolute Gasteiger partial charge is 0.220 e. The molecule has 0 saturated carbocycles. The van der Waals surface area contributed by atoms with Crippen LogP contribution in [0.15, 0.2) is 24.3 Å². The lowest BCUT2D eigenvalue weighted by atomic mass is 9.96. The van der Waals surface area contributed by atoms with Gasteiger partial charge in [-0.3, -0.25) is 4.79 Å². The van der Waals surface area contributed by atoms with E-state index in [2.05, 4.69) is 62.6 Å². The lowest BCUT2D eigenvalue weighted by Crippen LogP contribution is -2.45. The highest BCUT2D eigenvalue weighted by atomic mass is 16.3. The van der Waals surface area contributed by atoms with Crippen molar-refractivity contribution >= 4 is 5.91 Å². The van der Waals surface area contributed by atoms with E-state index in [4.69, 9.17) is 0 Å². The van der Waals surface area contributed by atoms with Crippen LogP contribution >= 0.6 is 0 Å². The molecule has 0 saturated heterocycles. The molecule has 26 heavy (non-hydrogen) atoms. The number of carbonyl (C=O) groups is 1. The van der Waals surface area contributed by atoms with Gasteiger partial charge in [-0.15, -0.1) is 0 Å². The first-order valence-corrected chi connectivity index (χ1v) is 10.1. The molecule has 0 aromatic heterocycles. The maximum Gasteiger partial charge on any atom is 0.220 e. The summed E-state index contributed by atoms with van der Waals surface area (Å²) in [6.45, 7) is 9.22. The van der Waals surface area contributed by atoms with Crippen molar-refractivity contribution in [3.8, 4) is 0 Å². The average molecular weight is 361 g/mol.